The summed E-state index contributed by atoms with van der Waals surface area (Å²) in [6, 6.07) is 8.54. The van der Waals surface area contributed by atoms with E-state index in [9.17, 15) is 4.79 Å². The summed E-state index contributed by atoms with van der Waals surface area (Å²) in [4.78, 5) is 11.1. The van der Waals surface area contributed by atoms with Gasteiger partial charge in [0.15, 0.2) is 0 Å². The average Bonchev–Trinajstić information content (AvgIpc) is 2.78. The lowest BCUT2D eigenvalue weighted by atomic mass is 9.76. The van der Waals surface area contributed by atoms with E-state index >= 15 is 0 Å². The van der Waals surface area contributed by atoms with Gasteiger partial charge in [-0.1, -0.05) is 44.0 Å². The summed E-state index contributed by atoms with van der Waals surface area (Å²) in [5.41, 5.74) is 2.43. The molecule has 0 amide bonds. The molecule has 0 atom stereocenters. The van der Waals surface area contributed by atoms with Gasteiger partial charge in [-0.3, -0.25) is 4.79 Å². The lowest BCUT2D eigenvalue weighted by Crippen LogP contribution is -2.25. The Morgan fingerprint density at radius 1 is 1.24 bits per heavy atom. The Labute approximate surface area is 103 Å². The monoisotopic (exact) mass is 232 g/mol. The molecule has 0 saturated heterocycles. The molecule has 1 fully saturated rings. The second kappa shape index (κ2) is 4.91. The van der Waals surface area contributed by atoms with Gasteiger partial charge < -0.3 is 5.11 Å². The first-order valence-electron chi connectivity index (χ1n) is 6.47. The molecule has 0 aliphatic heterocycles. The van der Waals surface area contributed by atoms with E-state index in [0.29, 0.717) is 0 Å². The average molecular weight is 232 g/mol. The van der Waals surface area contributed by atoms with Gasteiger partial charge in [0.05, 0.1) is 6.42 Å². The van der Waals surface area contributed by atoms with Gasteiger partial charge in [-0.2, -0.15) is 0 Å². The molecule has 0 unspecified atom stereocenters. The van der Waals surface area contributed by atoms with Crippen LogP contribution in [-0.4, -0.2) is 11.1 Å². The number of carboxylic acids is 1. The van der Waals surface area contributed by atoms with E-state index in [0.717, 1.165) is 32.1 Å². The summed E-state index contributed by atoms with van der Waals surface area (Å²) < 4.78 is 0. The van der Waals surface area contributed by atoms with Crippen LogP contribution in [0.2, 0.25) is 0 Å². The number of aryl methyl sites for hydroxylation is 1. The molecule has 17 heavy (non-hydrogen) atoms. The molecule has 2 nitrogen and oxygen atoms in total. The lowest BCUT2D eigenvalue weighted by Gasteiger charge is -2.28. The van der Waals surface area contributed by atoms with Crippen molar-refractivity contribution >= 4 is 5.97 Å². The number of rotatable bonds is 4. The number of aliphatic carboxylic acids is 1. The van der Waals surface area contributed by atoms with Crippen LogP contribution in [0.1, 0.15) is 50.2 Å². The standard InChI is InChI=1S/C15H20O2/c1-2-12-5-7-13(8-6-12)15(11-14(16)17)9-3-4-10-15/h5-8H,2-4,9-11H2,1H3,(H,16,17). The lowest BCUT2D eigenvalue weighted by molar-refractivity contribution is -0.138. The highest BCUT2D eigenvalue weighted by atomic mass is 16.4. The third-order valence-corrected chi connectivity index (χ3v) is 4.02. The first-order valence-corrected chi connectivity index (χ1v) is 6.47. The minimum atomic E-state index is -0.675. The molecule has 2 heteroatoms. The van der Waals surface area contributed by atoms with E-state index < -0.39 is 5.97 Å². The highest BCUT2D eigenvalue weighted by molar-refractivity contribution is 5.69. The van der Waals surface area contributed by atoms with E-state index in [-0.39, 0.29) is 11.8 Å². The largest absolute Gasteiger partial charge is 0.481 e. The zero-order valence-corrected chi connectivity index (χ0v) is 10.4. The van der Waals surface area contributed by atoms with Crippen molar-refractivity contribution in [3.8, 4) is 0 Å². The van der Waals surface area contributed by atoms with Gasteiger partial charge in [0.2, 0.25) is 0 Å². The third kappa shape index (κ3) is 2.51. The van der Waals surface area contributed by atoms with Crippen LogP contribution in [0.15, 0.2) is 24.3 Å². The van der Waals surface area contributed by atoms with E-state index in [1.165, 1.54) is 11.1 Å². The van der Waals surface area contributed by atoms with Crippen molar-refractivity contribution in [1.29, 1.82) is 0 Å². The van der Waals surface area contributed by atoms with Crippen molar-refractivity contribution in [2.75, 3.05) is 0 Å². The molecule has 0 spiro atoms. The van der Waals surface area contributed by atoms with Crippen LogP contribution >= 0.6 is 0 Å². The third-order valence-electron chi connectivity index (χ3n) is 4.02. The van der Waals surface area contributed by atoms with Gasteiger partial charge in [0.1, 0.15) is 0 Å². The molecular formula is C15H20O2. The zero-order valence-electron chi connectivity index (χ0n) is 10.4. The topological polar surface area (TPSA) is 37.3 Å². The SMILES string of the molecule is CCc1ccc(C2(CC(=O)O)CCCC2)cc1. The molecule has 0 radical (unpaired) electrons. The summed E-state index contributed by atoms with van der Waals surface area (Å²) in [6.07, 6.45) is 5.66. The Bertz CT molecular complexity index is 386. The van der Waals surface area contributed by atoms with Gasteiger partial charge in [-0.15, -0.1) is 0 Å². The fraction of sp³-hybridized carbons (Fsp3) is 0.533. The Morgan fingerprint density at radius 2 is 1.82 bits per heavy atom. The van der Waals surface area contributed by atoms with Crippen molar-refractivity contribution in [1.82, 2.24) is 0 Å². The summed E-state index contributed by atoms with van der Waals surface area (Å²) >= 11 is 0. The highest BCUT2D eigenvalue weighted by Gasteiger charge is 2.37. The maximum Gasteiger partial charge on any atom is 0.304 e. The molecule has 1 aromatic carbocycles. The van der Waals surface area contributed by atoms with Gasteiger partial charge in [-0.05, 0) is 30.4 Å². The van der Waals surface area contributed by atoms with Crippen LogP contribution in [-0.2, 0) is 16.6 Å². The molecule has 1 aliphatic rings. The van der Waals surface area contributed by atoms with Crippen molar-refractivity contribution in [3.63, 3.8) is 0 Å². The maximum atomic E-state index is 11.1. The Balaban J connectivity index is 2.28. The first-order chi connectivity index (χ1) is 8.16. The minimum absolute atomic E-state index is 0.0991. The van der Waals surface area contributed by atoms with Crippen LogP contribution in [0.4, 0.5) is 0 Å². The first kappa shape index (κ1) is 12.2. The molecule has 0 aromatic heterocycles. The maximum absolute atomic E-state index is 11.1. The number of carboxylic acid groups (broad SMARTS) is 1. The van der Waals surface area contributed by atoms with Gasteiger partial charge >= 0.3 is 5.97 Å². The fourth-order valence-electron chi connectivity index (χ4n) is 3.00. The molecule has 1 N–H and O–H groups in total. The number of hydrogen-bond acceptors (Lipinski definition) is 1. The summed E-state index contributed by atoms with van der Waals surface area (Å²) in [7, 11) is 0. The van der Waals surface area contributed by atoms with Crippen molar-refractivity contribution in [2.24, 2.45) is 0 Å². The molecule has 1 saturated carbocycles. The summed E-state index contributed by atoms with van der Waals surface area (Å²) in [6.45, 7) is 2.14. The van der Waals surface area contributed by atoms with E-state index in [4.69, 9.17) is 5.11 Å². The molecule has 0 bridgehead atoms. The van der Waals surface area contributed by atoms with Gasteiger partial charge in [0, 0.05) is 5.41 Å². The highest BCUT2D eigenvalue weighted by Crippen LogP contribution is 2.43. The predicted octanol–water partition coefficient (Wildman–Crippen LogP) is 3.54. The molecular weight excluding hydrogens is 212 g/mol. The molecule has 0 heterocycles. The van der Waals surface area contributed by atoms with Crippen LogP contribution in [0.25, 0.3) is 0 Å². The van der Waals surface area contributed by atoms with Gasteiger partial charge in [-0.25, -0.2) is 0 Å². The predicted molar refractivity (Wildman–Crippen MR) is 68.2 cm³/mol. The quantitative estimate of drug-likeness (QED) is 0.862. The fourth-order valence-corrected chi connectivity index (χ4v) is 3.00. The Morgan fingerprint density at radius 3 is 2.29 bits per heavy atom. The number of hydrogen-bond donors (Lipinski definition) is 1. The Hall–Kier alpha value is -1.31. The van der Waals surface area contributed by atoms with Crippen LogP contribution in [0, 0.1) is 0 Å². The van der Waals surface area contributed by atoms with Crippen LogP contribution in [0.3, 0.4) is 0 Å². The van der Waals surface area contributed by atoms with E-state index in [1.807, 2.05) is 0 Å². The second-order valence-electron chi connectivity index (χ2n) is 5.11. The van der Waals surface area contributed by atoms with Crippen molar-refractivity contribution in [2.45, 2.75) is 50.9 Å². The van der Waals surface area contributed by atoms with Crippen LogP contribution < -0.4 is 0 Å². The zero-order chi connectivity index (χ0) is 12.3. The summed E-state index contributed by atoms with van der Waals surface area (Å²) in [5, 5.41) is 9.10. The van der Waals surface area contributed by atoms with Crippen molar-refractivity contribution in [3.05, 3.63) is 35.4 Å². The van der Waals surface area contributed by atoms with E-state index in [2.05, 4.69) is 31.2 Å². The second-order valence-corrected chi connectivity index (χ2v) is 5.11. The Kier molecular flexibility index (Phi) is 3.51. The van der Waals surface area contributed by atoms with Gasteiger partial charge in [0.25, 0.3) is 0 Å². The number of carbonyl (C=O) groups is 1. The van der Waals surface area contributed by atoms with E-state index in [1.54, 1.807) is 0 Å². The smallest absolute Gasteiger partial charge is 0.304 e. The minimum Gasteiger partial charge on any atom is -0.481 e. The molecule has 92 valence electrons. The molecule has 2 rings (SSSR count). The molecule has 1 aromatic rings. The number of benzene rings is 1. The normalized spacial score (nSPS) is 18.2. The van der Waals surface area contributed by atoms with Crippen molar-refractivity contribution < 1.29 is 9.90 Å². The molecule has 1 aliphatic carbocycles. The van der Waals surface area contributed by atoms with Crippen LogP contribution in [0.5, 0.6) is 0 Å². The summed E-state index contributed by atoms with van der Waals surface area (Å²) in [5.74, 6) is -0.675.